The van der Waals surface area contributed by atoms with Crippen LogP contribution in [0.15, 0.2) is 18.2 Å². The molecular weight excluding hydrogens is 673 g/mol. The Labute approximate surface area is 289 Å². The molecule has 0 radical (unpaired) electrons. The first kappa shape index (κ1) is 38.4. The van der Waals surface area contributed by atoms with Gasteiger partial charge in [0.1, 0.15) is 28.2 Å². The highest BCUT2D eigenvalue weighted by Crippen LogP contribution is 2.35. The predicted octanol–water partition coefficient (Wildman–Crippen LogP) is 4.02. The third kappa shape index (κ3) is 10.7. The molecule has 0 amide bonds. The molecule has 7 heteroatoms. The maximum absolute atomic E-state index is 5.31. The Kier molecular flexibility index (Phi) is 17.2. The SMILES string of the molecule is CCCCCCCCCCCCCCCCC=c1c(N(C)C)c(N(C)C)c2sc3cc(=[N+](C)C)ccc3nc2c1=[N+](C)C.[I-]. The smallest absolute Gasteiger partial charge is 0.236 e. The molecule has 0 atom stereocenters. The Morgan fingerprint density at radius 1 is 0.705 bits per heavy atom. The van der Waals surface area contributed by atoms with Crippen LogP contribution in [0.1, 0.15) is 103 Å². The van der Waals surface area contributed by atoms with Gasteiger partial charge in [-0.05, 0) is 18.9 Å². The van der Waals surface area contributed by atoms with Gasteiger partial charge in [-0.2, -0.15) is 0 Å². The Balaban J connectivity index is 0.00000675. The minimum atomic E-state index is 0. The van der Waals surface area contributed by atoms with E-state index >= 15 is 0 Å². The molecule has 0 saturated carbocycles. The van der Waals surface area contributed by atoms with Crippen LogP contribution < -0.4 is 58.9 Å². The summed E-state index contributed by atoms with van der Waals surface area (Å²) >= 11 is 1.86. The molecule has 0 bridgehead atoms. The van der Waals surface area contributed by atoms with Crippen LogP contribution in [0.5, 0.6) is 0 Å². The van der Waals surface area contributed by atoms with Crippen molar-refractivity contribution in [3.63, 3.8) is 0 Å². The minimum Gasteiger partial charge on any atom is -1.00 e. The number of aromatic nitrogens is 1. The molecular formula is C37H61IN5S+. The quantitative estimate of drug-likeness (QED) is 0.0908. The molecule has 1 aromatic heterocycles. The summed E-state index contributed by atoms with van der Waals surface area (Å²) < 4.78 is 6.89. The molecule has 0 N–H and O–H groups in total. The molecule has 0 saturated heterocycles. The topological polar surface area (TPSA) is 25.4 Å². The number of hydrogen-bond acceptors (Lipinski definition) is 4. The molecule has 0 aliphatic carbocycles. The van der Waals surface area contributed by atoms with E-state index in [0.29, 0.717) is 0 Å². The second kappa shape index (κ2) is 19.7. The van der Waals surface area contributed by atoms with E-state index in [1.165, 1.54) is 127 Å². The van der Waals surface area contributed by atoms with Gasteiger partial charge in [0.15, 0.2) is 5.52 Å². The van der Waals surface area contributed by atoms with Gasteiger partial charge in [0, 0.05) is 40.3 Å². The average Bonchev–Trinajstić information content (AvgIpc) is 2.96. The third-order valence-corrected chi connectivity index (χ3v) is 9.68. The van der Waals surface area contributed by atoms with Crippen molar-refractivity contribution in [2.75, 3.05) is 66.2 Å². The monoisotopic (exact) mass is 734 g/mol. The molecule has 2 aromatic carbocycles. The van der Waals surface area contributed by atoms with Gasteiger partial charge in [-0.25, -0.2) is 14.1 Å². The van der Waals surface area contributed by atoms with Crippen LogP contribution in [0.3, 0.4) is 0 Å². The fraction of sp³-hybridized carbons (Fsp3) is 0.649. The summed E-state index contributed by atoms with van der Waals surface area (Å²) in [7, 11) is 17.2. The lowest BCUT2D eigenvalue weighted by molar-refractivity contribution is -0.00000926. The van der Waals surface area contributed by atoms with E-state index in [-0.39, 0.29) is 24.0 Å². The van der Waals surface area contributed by atoms with Crippen LogP contribution >= 0.6 is 11.3 Å². The van der Waals surface area contributed by atoms with Gasteiger partial charge in [0.2, 0.25) is 10.7 Å². The first-order chi connectivity index (χ1) is 20.7. The highest BCUT2D eigenvalue weighted by atomic mass is 127. The fourth-order valence-electron chi connectivity index (χ4n) is 6.18. The van der Waals surface area contributed by atoms with Gasteiger partial charge < -0.3 is 33.8 Å². The zero-order valence-electron chi connectivity index (χ0n) is 29.4. The molecule has 0 aliphatic heterocycles. The van der Waals surface area contributed by atoms with E-state index in [9.17, 15) is 0 Å². The first-order valence-electron chi connectivity index (χ1n) is 17.0. The second-order valence-electron chi connectivity index (χ2n) is 13.2. The van der Waals surface area contributed by atoms with Crippen molar-refractivity contribution in [2.24, 2.45) is 0 Å². The Hall–Kier alpha value is -1.74. The van der Waals surface area contributed by atoms with E-state index in [1.54, 1.807) is 0 Å². The molecule has 3 aromatic rings. The standard InChI is InChI=1S/C37H61N5S.HI/c1-10-11-12-13-14-15-16-17-18-19-20-21-22-23-24-25-30-34(40(4)5)33-37(36(42(8)9)35(30)41(6)7)43-32-28-29(39(2)3)26-27-31(32)38-33;/h25-28H,10-24H2,1-9H3;1H/q+2;/p-1. The summed E-state index contributed by atoms with van der Waals surface area (Å²) in [6, 6.07) is 6.62. The maximum atomic E-state index is 5.31. The number of unbranched alkanes of at least 4 members (excludes halogenated alkanes) is 14. The van der Waals surface area contributed by atoms with E-state index in [2.05, 4.69) is 107 Å². The van der Waals surface area contributed by atoms with Crippen molar-refractivity contribution >= 4 is 49.2 Å². The Bertz CT molecular complexity index is 1520. The number of nitrogens with zero attached hydrogens (tertiary/aromatic N) is 5. The maximum Gasteiger partial charge on any atom is 0.236 e. The van der Waals surface area contributed by atoms with Gasteiger partial charge in [-0.1, -0.05) is 96.5 Å². The Morgan fingerprint density at radius 3 is 1.70 bits per heavy atom. The van der Waals surface area contributed by atoms with Crippen LogP contribution in [0, 0.1) is 0 Å². The number of hydrogen-bond donors (Lipinski definition) is 0. The van der Waals surface area contributed by atoms with Crippen molar-refractivity contribution in [1.29, 1.82) is 0 Å². The summed E-state index contributed by atoms with van der Waals surface area (Å²) in [6.07, 6.45) is 23.1. The van der Waals surface area contributed by atoms with E-state index < -0.39 is 0 Å². The van der Waals surface area contributed by atoms with Crippen LogP contribution in [0.25, 0.3) is 26.5 Å². The first-order valence-corrected chi connectivity index (χ1v) is 17.8. The van der Waals surface area contributed by atoms with Crippen LogP contribution in [-0.2, 0) is 0 Å². The lowest BCUT2D eigenvalue weighted by Gasteiger charge is -2.24. The second-order valence-corrected chi connectivity index (χ2v) is 14.2. The molecule has 5 nitrogen and oxygen atoms in total. The number of fused-ring (bicyclic) bond motifs is 2. The summed E-state index contributed by atoms with van der Waals surface area (Å²) in [5.41, 5.74) is 4.70. The third-order valence-electron chi connectivity index (χ3n) is 8.54. The number of anilines is 2. The van der Waals surface area contributed by atoms with Gasteiger partial charge in [-0.15, -0.1) is 11.3 Å². The summed E-state index contributed by atoms with van der Waals surface area (Å²) in [5, 5.41) is 3.74. The number of rotatable bonds is 17. The largest absolute Gasteiger partial charge is 1.00 e. The van der Waals surface area contributed by atoms with E-state index in [4.69, 9.17) is 4.98 Å². The summed E-state index contributed by atoms with van der Waals surface area (Å²) in [5.74, 6) is 0. The predicted molar refractivity (Wildman–Crippen MR) is 195 cm³/mol. The van der Waals surface area contributed by atoms with Gasteiger partial charge in [0.05, 0.1) is 31.5 Å². The van der Waals surface area contributed by atoms with Crippen molar-refractivity contribution in [3.05, 3.63) is 34.1 Å². The molecule has 246 valence electrons. The zero-order chi connectivity index (χ0) is 31.4. The van der Waals surface area contributed by atoms with E-state index in [1.807, 2.05) is 11.3 Å². The minimum absolute atomic E-state index is 0. The van der Waals surface area contributed by atoms with Crippen LogP contribution in [0.2, 0.25) is 0 Å². The molecule has 1 heterocycles. The molecule has 3 rings (SSSR count). The molecule has 0 aliphatic rings. The lowest BCUT2D eigenvalue weighted by atomic mass is 10.0. The van der Waals surface area contributed by atoms with Crippen molar-refractivity contribution in [3.8, 4) is 0 Å². The highest BCUT2D eigenvalue weighted by Gasteiger charge is 2.22. The zero-order valence-corrected chi connectivity index (χ0v) is 32.4. The van der Waals surface area contributed by atoms with Crippen LogP contribution in [0.4, 0.5) is 11.4 Å². The van der Waals surface area contributed by atoms with Gasteiger partial charge in [0.25, 0.3) is 0 Å². The summed E-state index contributed by atoms with van der Waals surface area (Å²) in [6.45, 7) is 2.30. The summed E-state index contributed by atoms with van der Waals surface area (Å²) in [4.78, 5) is 9.89. The fourth-order valence-corrected chi connectivity index (χ4v) is 7.41. The lowest BCUT2D eigenvalue weighted by Crippen LogP contribution is -3.00. The van der Waals surface area contributed by atoms with Crippen molar-refractivity contribution in [2.45, 2.75) is 103 Å². The average molecular weight is 735 g/mol. The molecule has 0 fully saturated rings. The molecule has 44 heavy (non-hydrogen) atoms. The van der Waals surface area contributed by atoms with Crippen LogP contribution in [-0.4, -0.2) is 61.4 Å². The normalized spacial score (nSPS) is 11.7. The van der Waals surface area contributed by atoms with Gasteiger partial charge in [-0.3, -0.25) is 0 Å². The number of halogens is 1. The van der Waals surface area contributed by atoms with Gasteiger partial charge >= 0.3 is 0 Å². The van der Waals surface area contributed by atoms with Crippen molar-refractivity contribution in [1.82, 2.24) is 14.1 Å². The Morgan fingerprint density at radius 2 is 1.23 bits per heavy atom. The molecule has 0 spiro atoms. The van der Waals surface area contributed by atoms with E-state index in [0.717, 1.165) is 17.5 Å². The molecule has 0 unspecified atom stereocenters. The number of benzene rings is 2. The van der Waals surface area contributed by atoms with Crippen molar-refractivity contribution < 1.29 is 24.0 Å². The highest BCUT2D eigenvalue weighted by molar-refractivity contribution is 7.25.